The molecule has 1 aromatic rings. The van der Waals surface area contributed by atoms with Gasteiger partial charge in [-0.2, -0.15) is 0 Å². The molecule has 1 aliphatic heterocycles. The molecule has 2 atom stereocenters. The Bertz CT molecular complexity index is 618. The first-order valence-electron chi connectivity index (χ1n) is 6.72. The highest BCUT2D eigenvalue weighted by Crippen LogP contribution is 2.19. The number of hydrogen-bond donors (Lipinski definition) is 1. The fourth-order valence-corrected chi connectivity index (χ4v) is 4.67. The zero-order valence-electron chi connectivity index (χ0n) is 11.7. The fourth-order valence-electron chi connectivity index (χ4n) is 2.15. The number of sulfone groups is 1. The molecule has 0 aromatic heterocycles. The normalized spacial score (nSPS) is 21.9. The van der Waals surface area contributed by atoms with Crippen molar-refractivity contribution in [3.05, 3.63) is 35.6 Å². The molecule has 1 N–H and O–H groups in total. The number of hydrogen-bond acceptors (Lipinski definition) is 4. The predicted molar refractivity (Wildman–Crippen MR) is 82.4 cm³/mol. The number of carbonyl (C=O) groups is 1. The van der Waals surface area contributed by atoms with Gasteiger partial charge in [0, 0.05) is 11.8 Å². The van der Waals surface area contributed by atoms with Gasteiger partial charge < -0.3 is 5.32 Å². The highest BCUT2D eigenvalue weighted by Gasteiger charge is 2.29. The minimum Gasteiger partial charge on any atom is -0.351 e. The lowest BCUT2D eigenvalue weighted by Crippen LogP contribution is -2.40. The van der Waals surface area contributed by atoms with E-state index in [0.29, 0.717) is 12.2 Å². The van der Waals surface area contributed by atoms with Crippen LogP contribution in [-0.2, 0) is 20.4 Å². The van der Waals surface area contributed by atoms with Crippen molar-refractivity contribution >= 4 is 27.5 Å². The van der Waals surface area contributed by atoms with Crippen LogP contribution in [0.15, 0.2) is 24.3 Å². The molecule has 2 rings (SSSR count). The van der Waals surface area contributed by atoms with Crippen LogP contribution in [0.2, 0.25) is 0 Å². The van der Waals surface area contributed by atoms with Gasteiger partial charge in [0.15, 0.2) is 9.84 Å². The number of nitrogens with one attached hydrogen (secondary N) is 1. The molecule has 0 radical (unpaired) electrons. The van der Waals surface area contributed by atoms with E-state index in [0.717, 1.165) is 5.56 Å². The third-order valence-electron chi connectivity index (χ3n) is 3.34. The largest absolute Gasteiger partial charge is 0.351 e. The number of thioether (sulfide) groups is 1. The molecular formula is C14H18FNO3S2. The van der Waals surface area contributed by atoms with Crippen molar-refractivity contribution in [3.63, 3.8) is 0 Å². The number of carbonyl (C=O) groups excluding carboxylic acids is 1. The van der Waals surface area contributed by atoms with Gasteiger partial charge in [0.2, 0.25) is 5.91 Å². The maximum atomic E-state index is 13.0. The van der Waals surface area contributed by atoms with Crippen molar-refractivity contribution in [1.82, 2.24) is 5.32 Å². The molecule has 1 heterocycles. The first kappa shape index (κ1) is 16.3. The van der Waals surface area contributed by atoms with Crippen molar-refractivity contribution in [1.29, 1.82) is 0 Å². The van der Waals surface area contributed by atoms with Crippen LogP contribution in [0.25, 0.3) is 0 Å². The van der Waals surface area contributed by atoms with Crippen LogP contribution in [0.3, 0.4) is 0 Å². The molecule has 7 heteroatoms. The fraction of sp³-hybridized carbons (Fsp3) is 0.500. The maximum Gasteiger partial charge on any atom is 0.233 e. The van der Waals surface area contributed by atoms with Crippen LogP contribution < -0.4 is 5.32 Å². The van der Waals surface area contributed by atoms with E-state index < -0.39 is 9.84 Å². The monoisotopic (exact) mass is 331 g/mol. The summed E-state index contributed by atoms with van der Waals surface area (Å²) in [4.78, 5) is 12.0. The number of halogens is 1. The van der Waals surface area contributed by atoms with E-state index in [1.807, 2.05) is 6.07 Å². The molecule has 1 saturated heterocycles. The first-order valence-corrected chi connectivity index (χ1v) is 9.59. The zero-order valence-corrected chi connectivity index (χ0v) is 13.3. The van der Waals surface area contributed by atoms with E-state index in [1.54, 1.807) is 13.0 Å². The summed E-state index contributed by atoms with van der Waals surface area (Å²) >= 11 is 1.40. The van der Waals surface area contributed by atoms with Crippen LogP contribution in [0.5, 0.6) is 0 Å². The Hall–Kier alpha value is -1.08. The number of benzene rings is 1. The molecule has 1 aromatic carbocycles. The van der Waals surface area contributed by atoms with E-state index >= 15 is 0 Å². The minimum absolute atomic E-state index is 0.0278. The standard InChI is InChI=1S/C14H18FNO3S2/c1-10(20-8-11-3-2-4-12(15)7-11)14(17)16-13-5-6-21(18,19)9-13/h2-4,7,10,13H,5-6,8-9H2,1H3,(H,16,17)/t10-,13-/m0/s1. The summed E-state index contributed by atoms with van der Waals surface area (Å²) in [5.41, 5.74) is 0.822. The van der Waals surface area contributed by atoms with Crippen LogP contribution in [0.1, 0.15) is 18.9 Å². The molecule has 1 fully saturated rings. The predicted octanol–water partition coefficient (Wildman–Crippen LogP) is 1.75. The van der Waals surface area contributed by atoms with Crippen LogP contribution in [0, 0.1) is 5.82 Å². The second-order valence-corrected chi connectivity index (χ2v) is 8.75. The summed E-state index contributed by atoms with van der Waals surface area (Å²) in [6.07, 6.45) is 0.482. The van der Waals surface area contributed by atoms with Gasteiger partial charge in [0.25, 0.3) is 0 Å². The minimum atomic E-state index is -2.99. The van der Waals surface area contributed by atoms with Gasteiger partial charge >= 0.3 is 0 Å². The third kappa shape index (κ3) is 5.00. The van der Waals surface area contributed by atoms with Gasteiger partial charge in [-0.1, -0.05) is 12.1 Å². The molecule has 1 amide bonds. The second-order valence-electron chi connectivity index (χ2n) is 5.19. The Labute approximate surface area is 128 Å². The van der Waals surface area contributed by atoms with Crippen molar-refractivity contribution in [3.8, 4) is 0 Å². The van der Waals surface area contributed by atoms with Crippen LogP contribution >= 0.6 is 11.8 Å². The summed E-state index contributed by atoms with van der Waals surface area (Å²) in [6.45, 7) is 1.77. The Morgan fingerprint density at radius 3 is 2.90 bits per heavy atom. The average molecular weight is 331 g/mol. The van der Waals surface area contributed by atoms with E-state index in [2.05, 4.69) is 5.32 Å². The van der Waals surface area contributed by atoms with Gasteiger partial charge in [-0.15, -0.1) is 11.8 Å². The molecule has 21 heavy (non-hydrogen) atoms. The highest BCUT2D eigenvalue weighted by molar-refractivity contribution is 7.99. The van der Waals surface area contributed by atoms with Gasteiger partial charge in [-0.05, 0) is 31.0 Å². The molecule has 0 spiro atoms. The smallest absolute Gasteiger partial charge is 0.233 e. The second kappa shape index (κ2) is 6.79. The molecule has 0 bridgehead atoms. The molecule has 0 aliphatic carbocycles. The van der Waals surface area contributed by atoms with E-state index in [-0.39, 0.29) is 34.5 Å². The van der Waals surface area contributed by atoms with Crippen molar-refractivity contribution < 1.29 is 17.6 Å². The number of amides is 1. The van der Waals surface area contributed by atoms with Gasteiger partial charge in [-0.3, -0.25) is 4.79 Å². The van der Waals surface area contributed by atoms with Gasteiger partial charge in [-0.25, -0.2) is 12.8 Å². The van der Waals surface area contributed by atoms with E-state index in [9.17, 15) is 17.6 Å². The molecule has 0 unspecified atom stereocenters. The SMILES string of the molecule is C[C@H](SCc1cccc(F)c1)C(=O)N[C@H]1CCS(=O)(=O)C1. The third-order valence-corrected chi connectivity index (χ3v) is 6.32. The summed E-state index contributed by atoms with van der Waals surface area (Å²) in [5.74, 6) is 0.248. The van der Waals surface area contributed by atoms with Crippen molar-refractivity contribution in [2.45, 2.75) is 30.4 Å². The quantitative estimate of drug-likeness (QED) is 0.893. The van der Waals surface area contributed by atoms with Crippen molar-refractivity contribution in [2.75, 3.05) is 11.5 Å². The summed E-state index contributed by atoms with van der Waals surface area (Å²) < 4.78 is 35.7. The Kier molecular flexibility index (Phi) is 5.27. The lowest BCUT2D eigenvalue weighted by Gasteiger charge is -2.15. The van der Waals surface area contributed by atoms with E-state index in [1.165, 1.54) is 23.9 Å². The molecular weight excluding hydrogens is 313 g/mol. The molecule has 116 valence electrons. The van der Waals surface area contributed by atoms with Crippen molar-refractivity contribution in [2.24, 2.45) is 0 Å². The number of rotatable bonds is 5. The Balaban J connectivity index is 1.80. The zero-order chi connectivity index (χ0) is 15.5. The lowest BCUT2D eigenvalue weighted by molar-refractivity contribution is -0.120. The maximum absolute atomic E-state index is 13.0. The topological polar surface area (TPSA) is 63.2 Å². The average Bonchev–Trinajstić information content (AvgIpc) is 2.75. The van der Waals surface area contributed by atoms with Gasteiger partial charge in [0.1, 0.15) is 5.82 Å². The summed E-state index contributed by atoms with van der Waals surface area (Å²) in [7, 11) is -2.99. The Morgan fingerprint density at radius 1 is 1.52 bits per heavy atom. The van der Waals surface area contributed by atoms with Crippen LogP contribution in [-0.4, -0.2) is 37.1 Å². The highest BCUT2D eigenvalue weighted by atomic mass is 32.2. The van der Waals surface area contributed by atoms with Crippen LogP contribution in [0.4, 0.5) is 4.39 Å². The Morgan fingerprint density at radius 2 is 2.29 bits per heavy atom. The summed E-state index contributed by atoms with van der Waals surface area (Å²) in [6, 6.07) is 6.00. The lowest BCUT2D eigenvalue weighted by atomic mass is 10.2. The summed E-state index contributed by atoms with van der Waals surface area (Å²) in [5, 5.41) is 2.46. The van der Waals surface area contributed by atoms with Gasteiger partial charge in [0.05, 0.1) is 16.8 Å². The molecule has 4 nitrogen and oxygen atoms in total. The first-order chi connectivity index (χ1) is 9.85. The van der Waals surface area contributed by atoms with E-state index in [4.69, 9.17) is 0 Å². The molecule has 0 saturated carbocycles. The molecule has 1 aliphatic rings.